The third-order valence-electron chi connectivity index (χ3n) is 1.77. The van der Waals surface area contributed by atoms with Crippen LogP contribution in [0.3, 0.4) is 0 Å². The molecule has 0 saturated heterocycles. The molecule has 0 spiro atoms. The maximum absolute atomic E-state index is 12.9. The molecule has 0 bridgehead atoms. The third-order valence-corrected chi connectivity index (χ3v) is 2.23. The van der Waals surface area contributed by atoms with E-state index < -0.39 is 0 Å². The quantitative estimate of drug-likeness (QED) is 0.782. The van der Waals surface area contributed by atoms with Gasteiger partial charge < -0.3 is 4.74 Å². The number of benzene rings is 1. The van der Waals surface area contributed by atoms with E-state index in [0.29, 0.717) is 10.9 Å². The van der Waals surface area contributed by atoms with E-state index in [1.54, 1.807) is 6.07 Å². The molecule has 0 N–H and O–H groups in total. The van der Waals surface area contributed by atoms with E-state index in [0.717, 1.165) is 5.56 Å². The molecule has 0 unspecified atom stereocenters. The zero-order chi connectivity index (χ0) is 10.6. The molecule has 1 aromatic rings. The summed E-state index contributed by atoms with van der Waals surface area (Å²) >= 11 is 3.18. The van der Waals surface area contributed by atoms with Crippen molar-refractivity contribution in [3.8, 4) is 0 Å². The number of hydrogen-bond donors (Lipinski definition) is 0. The van der Waals surface area contributed by atoms with E-state index in [9.17, 15) is 9.18 Å². The third kappa shape index (κ3) is 3.46. The van der Waals surface area contributed by atoms with Gasteiger partial charge in [0.15, 0.2) is 0 Å². The average Bonchev–Trinajstić information content (AvgIpc) is 2.12. The first-order chi connectivity index (χ1) is 6.61. The number of methoxy groups -OCH3 is 1. The lowest BCUT2D eigenvalue weighted by Gasteiger charge is -2.01. The van der Waals surface area contributed by atoms with Gasteiger partial charge >= 0.3 is 5.97 Å². The first-order valence-corrected chi connectivity index (χ1v) is 4.93. The second kappa shape index (κ2) is 5.10. The molecule has 0 saturated carbocycles. The fourth-order valence-corrected chi connectivity index (χ4v) is 1.62. The molecule has 0 aromatic heterocycles. The van der Waals surface area contributed by atoms with Crippen LogP contribution in [-0.4, -0.2) is 13.1 Å². The van der Waals surface area contributed by atoms with Crippen LogP contribution in [0.1, 0.15) is 12.0 Å². The fraction of sp³-hybridized carbons (Fsp3) is 0.300. The number of halogens is 2. The Labute approximate surface area is 90.2 Å². The van der Waals surface area contributed by atoms with Crippen LogP contribution < -0.4 is 0 Å². The lowest BCUT2D eigenvalue weighted by molar-refractivity contribution is -0.140. The molecule has 0 aliphatic heterocycles. The summed E-state index contributed by atoms with van der Waals surface area (Å²) in [5, 5.41) is 0. The Kier molecular flexibility index (Phi) is 4.07. The van der Waals surface area contributed by atoms with Crippen molar-refractivity contribution in [1.29, 1.82) is 0 Å². The normalized spacial score (nSPS) is 9.93. The largest absolute Gasteiger partial charge is 0.469 e. The Morgan fingerprint density at radius 3 is 2.79 bits per heavy atom. The van der Waals surface area contributed by atoms with Crippen LogP contribution in [0.2, 0.25) is 0 Å². The minimum atomic E-state index is -0.306. The van der Waals surface area contributed by atoms with Gasteiger partial charge in [0.05, 0.1) is 7.11 Å². The molecule has 1 aromatic carbocycles. The van der Waals surface area contributed by atoms with Crippen molar-refractivity contribution < 1.29 is 13.9 Å². The highest BCUT2D eigenvalue weighted by molar-refractivity contribution is 9.10. The second-order valence-electron chi connectivity index (χ2n) is 2.85. The van der Waals surface area contributed by atoms with Crippen molar-refractivity contribution in [2.24, 2.45) is 0 Å². The highest BCUT2D eigenvalue weighted by atomic mass is 79.9. The smallest absolute Gasteiger partial charge is 0.305 e. The van der Waals surface area contributed by atoms with Crippen molar-refractivity contribution in [3.05, 3.63) is 34.1 Å². The first-order valence-electron chi connectivity index (χ1n) is 4.13. The minimum Gasteiger partial charge on any atom is -0.469 e. The first kappa shape index (κ1) is 11.2. The van der Waals surface area contributed by atoms with Gasteiger partial charge in [-0.05, 0) is 30.2 Å². The van der Waals surface area contributed by atoms with Gasteiger partial charge in [0.25, 0.3) is 0 Å². The second-order valence-corrected chi connectivity index (χ2v) is 3.77. The molecule has 2 nitrogen and oxygen atoms in total. The molecule has 0 radical (unpaired) electrons. The van der Waals surface area contributed by atoms with Crippen molar-refractivity contribution in [1.82, 2.24) is 0 Å². The standard InChI is InChI=1S/C10H10BrFO2/c1-14-10(13)3-2-7-4-8(11)6-9(12)5-7/h4-6H,2-3H2,1H3. The Balaban J connectivity index is 2.63. The van der Waals surface area contributed by atoms with E-state index in [4.69, 9.17) is 0 Å². The molecule has 0 atom stereocenters. The van der Waals surface area contributed by atoms with E-state index in [1.165, 1.54) is 19.2 Å². The van der Waals surface area contributed by atoms with Crippen LogP contribution >= 0.6 is 15.9 Å². The number of carbonyl (C=O) groups excluding carboxylic acids is 1. The van der Waals surface area contributed by atoms with E-state index in [-0.39, 0.29) is 18.2 Å². The number of carbonyl (C=O) groups is 1. The van der Waals surface area contributed by atoms with Crippen molar-refractivity contribution in [2.75, 3.05) is 7.11 Å². The molecule has 0 fully saturated rings. The topological polar surface area (TPSA) is 26.3 Å². The number of rotatable bonds is 3. The van der Waals surface area contributed by atoms with Crippen molar-refractivity contribution >= 4 is 21.9 Å². The minimum absolute atomic E-state index is 0.270. The lowest BCUT2D eigenvalue weighted by atomic mass is 10.1. The molecule has 76 valence electrons. The molecule has 4 heteroatoms. The summed E-state index contributed by atoms with van der Waals surface area (Å²) in [6, 6.07) is 4.57. The van der Waals surface area contributed by atoms with Crippen molar-refractivity contribution in [2.45, 2.75) is 12.8 Å². The maximum Gasteiger partial charge on any atom is 0.305 e. The summed E-state index contributed by atoms with van der Waals surface area (Å²) in [5.41, 5.74) is 0.780. The predicted octanol–water partition coefficient (Wildman–Crippen LogP) is 2.69. The maximum atomic E-state index is 12.9. The molecule has 0 amide bonds. The lowest BCUT2D eigenvalue weighted by Crippen LogP contribution is -2.02. The van der Waals surface area contributed by atoms with Gasteiger partial charge in [-0.15, -0.1) is 0 Å². The summed E-state index contributed by atoms with van der Waals surface area (Å²) in [4.78, 5) is 10.8. The zero-order valence-corrected chi connectivity index (χ0v) is 9.30. The van der Waals surface area contributed by atoms with Crippen LogP contribution in [0.25, 0.3) is 0 Å². The Morgan fingerprint density at radius 2 is 2.21 bits per heavy atom. The molecule has 0 heterocycles. The van der Waals surface area contributed by atoms with E-state index in [1.807, 2.05) is 0 Å². The number of ether oxygens (including phenoxy) is 1. The molecular formula is C10H10BrFO2. The van der Waals surface area contributed by atoms with Gasteiger partial charge in [0.1, 0.15) is 5.82 Å². The summed E-state index contributed by atoms with van der Waals surface area (Å²) in [6.45, 7) is 0. The van der Waals surface area contributed by atoms with E-state index in [2.05, 4.69) is 20.7 Å². The van der Waals surface area contributed by atoms with Crippen LogP contribution in [0.5, 0.6) is 0 Å². The van der Waals surface area contributed by atoms with Crippen LogP contribution in [0, 0.1) is 5.82 Å². The summed E-state index contributed by atoms with van der Waals surface area (Å²) in [5.74, 6) is -0.593. The zero-order valence-electron chi connectivity index (χ0n) is 7.72. The van der Waals surface area contributed by atoms with Crippen LogP contribution in [0.4, 0.5) is 4.39 Å². The average molecular weight is 261 g/mol. The van der Waals surface area contributed by atoms with Crippen LogP contribution in [0.15, 0.2) is 22.7 Å². The molecule has 0 aliphatic rings. The fourth-order valence-electron chi connectivity index (χ4n) is 1.10. The molecule has 14 heavy (non-hydrogen) atoms. The van der Waals surface area contributed by atoms with Crippen molar-refractivity contribution in [3.63, 3.8) is 0 Å². The Hall–Kier alpha value is -0.900. The Morgan fingerprint density at radius 1 is 1.50 bits per heavy atom. The SMILES string of the molecule is COC(=O)CCc1cc(F)cc(Br)c1. The molecule has 1 rings (SSSR count). The number of aryl methyl sites for hydroxylation is 1. The van der Waals surface area contributed by atoms with E-state index >= 15 is 0 Å². The van der Waals surface area contributed by atoms with Gasteiger partial charge in [0.2, 0.25) is 0 Å². The van der Waals surface area contributed by atoms with Gasteiger partial charge in [-0.25, -0.2) is 4.39 Å². The monoisotopic (exact) mass is 260 g/mol. The van der Waals surface area contributed by atoms with Gasteiger partial charge in [-0.1, -0.05) is 15.9 Å². The summed E-state index contributed by atoms with van der Waals surface area (Å²) in [6.07, 6.45) is 0.759. The summed E-state index contributed by atoms with van der Waals surface area (Å²) in [7, 11) is 1.34. The molecular weight excluding hydrogens is 251 g/mol. The highest BCUT2D eigenvalue weighted by Gasteiger charge is 2.03. The van der Waals surface area contributed by atoms with Crippen LogP contribution in [-0.2, 0) is 16.0 Å². The molecule has 0 aliphatic carbocycles. The van der Waals surface area contributed by atoms with Gasteiger partial charge in [0, 0.05) is 10.9 Å². The number of esters is 1. The summed E-state index contributed by atoms with van der Waals surface area (Å²) < 4.78 is 18.1. The number of hydrogen-bond acceptors (Lipinski definition) is 2. The van der Waals surface area contributed by atoms with Gasteiger partial charge in [-0.2, -0.15) is 0 Å². The predicted molar refractivity (Wildman–Crippen MR) is 54.4 cm³/mol. The highest BCUT2D eigenvalue weighted by Crippen LogP contribution is 2.16. The Bertz CT molecular complexity index is 319. The van der Waals surface area contributed by atoms with Gasteiger partial charge in [-0.3, -0.25) is 4.79 Å².